The van der Waals surface area contributed by atoms with Crippen LogP contribution >= 0.6 is 11.6 Å². The van der Waals surface area contributed by atoms with Crippen LogP contribution in [0.3, 0.4) is 0 Å². The van der Waals surface area contributed by atoms with Crippen LogP contribution in [0.5, 0.6) is 0 Å². The molecule has 0 atom stereocenters. The molecule has 0 aliphatic carbocycles. The van der Waals surface area contributed by atoms with Gasteiger partial charge in [0.15, 0.2) is 11.6 Å². The number of benzene rings is 3. The largest absolute Gasteiger partial charge is 0.427 e. The lowest BCUT2D eigenvalue weighted by molar-refractivity contribution is 0.0642. The fraction of sp³-hybridized carbons (Fsp3) is 0.0400. The van der Waals surface area contributed by atoms with Crippen molar-refractivity contribution in [3.05, 3.63) is 112 Å². The zero-order valence-electron chi connectivity index (χ0n) is 17.1. The Labute approximate surface area is 194 Å². The molecule has 0 saturated heterocycles. The third-order valence-electron chi connectivity index (χ3n) is 4.96. The van der Waals surface area contributed by atoms with Gasteiger partial charge in [0, 0.05) is 16.1 Å². The fourth-order valence-corrected chi connectivity index (χ4v) is 3.47. The van der Waals surface area contributed by atoms with E-state index in [2.05, 4.69) is 5.32 Å². The summed E-state index contributed by atoms with van der Waals surface area (Å²) in [5, 5.41) is 12.6. The smallest absolute Gasteiger partial charge is 0.343 e. The number of nitriles is 1. The van der Waals surface area contributed by atoms with Crippen LogP contribution in [0.2, 0.25) is 5.02 Å². The first kappa shape index (κ1) is 21.8. The first-order valence-corrected chi connectivity index (χ1v) is 10.2. The number of hydrogen-bond acceptors (Lipinski definition) is 6. The molecule has 1 aliphatic rings. The fourth-order valence-electron chi connectivity index (χ4n) is 3.35. The number of rotatable bonds is 5. The van der Waals surface area contributed by atoms with E-state index < -0.39 is 11.9 Å². The Morgan fingerprint density at radius 2 is 1.67 bits per heavy atom. The molecule has 4 rings (SSSR count). The van der Waals surface area contributed by atoms with Crippen molar-refractivity contribution >= 4 is 34.9 Å². The predicted molar refractivity (Wildman–Crippen MR) is 122 cm³/mol. The highest BCUT2D eigenvalue weighted by Gasteiger charge is 2.28. The molecule has 0 radical (unpaired) electrons. The highest BCUT2D eigenvalue weighted by Crippen LogP contribution is 2.27. The van der Waals surface area contributed by atoms with Gasteiger partial charge in [-0.3, -0.25) is 14.5 Å². The Hall–Kier alpha value is -4.41. The van der Waals surface area contributed by atoms with Gasteiger partial charge in [0.05, 0.1) is 22.9 Å². The third-order valence-corrected chi connectivity index (χ3v) is 5.21. The van der Waals surface area contributed by atoms with Crippen molar-refractivity contribution in [3.63, 3.8) is 0 Å². The number of nitrogens with one attached hydrogen (secondary N) is 1. The van der Waals surface area contributed by atoms with E-state index in [9.17, 15) is 14.4 Å². The lowest BCUT2D eigenvalue weighted by Gasteiger charge is -2.29. The second-order valence-corrected chi connectivity index (χ2v) is 7.45. The summed E-state index contributed by atoms with van der Waals surface area (Å²) in [6, 6.07) is 21.3. The minimum atomic E-state index is -0.787. The normalized spacial score (nSPS) is 13.6. The Bertz CT molecular complexity index is 1330. The van der Waals surface area contributed by atoms with Crippen LogP contribution in [0.1, 0.15) is 36.6 Å². The van der Waals surface area contributed by atoms with Crippen LogP contribution in [0, 0.1) is 11.3 Å². The van der Waals surface area contributed by atoms with Gasteiger partial charge in [-0.05, 0) is 42.5 Å². The summed E-state index contributed by atoms with van der Waals surface area (Å²) in [4.78, 5) is 39.7. The number of para-hydroxylation sites is 1. The average molecular weight is 458 g/mol. The van der Waals surface area contributed by atoms with Crippen LogP contribution in [-0.4, -0.2) is 29.1 Å². The minimum absolute atomic E-state index is 0.0590. The van der Waals surface area contributed by atoms with Gasteiger partial charge in [-0.2, -0.15) is 5.26 Å². The number of fused-ring (bicyclic) bond motifs is 1. The Kier molecular flexibility index (Phi) is 6.20. The number of carbonyl (C=O) groups is 3. The van der Waals surface area contributed by atoms with Gasteiger partial charge < -0.3 is 10.1 Å². The van der Waals surface area contributed by atoms with Crippen LogP contribution in [0.4, 0.5) is 5.69 Å². The topological polar surface area (TPSA) is 99.5 Å². The molecule has 162 valence electrons. The van der Waals surface area contributed by atoms with Crippen LogP contribution in [0.15, 0.2) is 84.9 Å². The molecular weight excluding hydrogens is 442 g/mol. The monoisotopic (exact) mass is 457 g/mol. The Morgan fingerprint density at radius 1 is 1.00 bits per heavy atom. The SMILES string of the molecule is N#CCN1C(=O)c2ccccc2N/C1=C/OC(=O)c1ccccc1C(=O)c1ccc(Cl)cc1. The molecule has 1 heterocycles. The summed E-state index contributed by atoms with van der Waals surface area (Å²) in [7, 11) is 0. The van der Waals surface area contributed by atoms with Crippen LogP contribution in [-0.2, 0) is 4.74 Å². The number of anilines is 1. The van der Waals surface area contributed by atoms with E-state index in [0.717, 1.165) is 6.26 Å². The van der Waals surface area contributed by atoms with E-state index >= 15 is 0 Å². The molecule has 8 heteroatoms. The third kappa shape index (κ3) is 4.47. The number of nitrogens with zero attached hydrogens (tertiary/aromatic N) is 2. The molecule has 3 aromatic carbocycles. The molecule has 3 aromatic rings. The van der Waals surface area contributed by atoms with Crippen molar-refractivity contribution in [2.45, 2.75) is 0 Å². The maximum atomic E-state index is 12.9. The van der Waals surface area contributed by atoms with Crippen molar-refractivity contribution in [3.8, 4) is 6.07 Å². The highest BCUT2D eigenvalue weighted by molar-refractivity contribution is 6.30. The minimum Gasteiger partial charge on any atom is -0.427 e. The van der Waals surface area contributed by atoms with Gasteiger partial charge >= 0.3 is 5.97 Å². The molecule has 0 fully saturated rings. The summed E-state index contributed by atoms with van der Waals surface area (Å²) in [6.07, 6.45) is 1.07. The van der Waals surface area contributed by atoms with E-state index in [1.165, 1.54) is 17.0 Å². The number of hydrogen-bond donors (Lipinski definition) is 1. The van der Waals surface area contributed by atoms with Gasteiger partial charge in [-0.15, -0.1) is 0 Å². The van der Waals surface area contributed by atoms with Crippen LogP contribution < -0.4 is 5.32 Å². The van der Waals surface area contributed by atoms with E-state index in [1.807, 2.05) is 6.07 Å². The number of carbonyl (C=O) groups excluding carboxylic acids is 3. The average Bonchev–Trinajstić information content (AvgIpc) is 2.84. The van der Waals surface area contributed by atoms with Crippen molar-refractivity contribution in [2.75, 3.05) is 11.9 Å². The van der Waals surface area contributed by atoms with Crippen LogP contribution in [0.25, 0.3) is 0 Å². The first-order valence-electron chi connectivity index (χ1n) is 9.85. The molecule has 1 aliphatic heterocycles. The Balaban J connectivity index is 1.61. The summed E-state index contributed by atoms with van der Waals surface area (Å²) in [5.74, 6) is -1.41. The summed E-state index contributed by atoms with van der Waals surface area (Å²) < 4.78 is 5.31. The van der Waals surface area contributed by atoms with Gasteiger partial charge in [-0.25, -0.2) is 4.79 Å². The van der Waals surface area contributed by atoms with Gasteiger partial charge in [-0.1, -0.05) is 41.9 Å². The van der Waals surface area contributed by atoms with Crippen molar-refractivity contribution < 1.29 is 19.1 Å². The molecule has 1 N–H and O–H groups in total. The molecule has 33 heavy (non-hydrogen) atoms. The number of ketones is 1. The van der Waals surface area contributed by atoms with E-state index in [-0.39, 0.29) is 29.3 Å². The van der Waals surface area contributed by atoms with Gasteiger partial charge in [0.1, 0.15) is 12.8 Å². The first-order chi connectivity index (χ1) is 16.0. The quantitative estimate of drug-likeness (QED) is 0.260. The second kappa shape index (κ2) is 9.39. The van der Waals surface area contributed by atoms with Crippen molar-refractivity contribution in [1.82, 2.24) is 4.90 Å². The summed E-state index contributed by atoms with van der Waals surface area (Å²) >= 11 is 5.89. The number of amides is 1. The Morgan fingerprint density at radius 3 is 2.39 bits per heavy atom. The molecule has 0 spiro atoms. The molecule has 0 bridgehead atoms. The van der Waals surface area contributed by atoms with E-state index in [0.29, 0.717) is 21.8 Å². The number of esters is 1. The summed E-state index contributed by atoms with van der Waals surface area (Å²) in [5.41, 5.74) is 1.51. The number of ether oxygens (including phenoxy) is 1. The number of halogens is 1. The molecule has 0 aromatic heterocycles. The molecule has 0 saturated carbocycles. The summed E-state index contributed by atoms with van der Waals surface area (Å²) in [6.45, 7) is -0.241. The lowest BCUT2D eigenvalue weighted by atomic mass is 9.98. The van der Waals surface area contributed by atoms with Gasteiger partial charge in [0.2, 0.25) is 0 Å². The van der Waals surface area contributed by atoms with Crippen molar-refractivity contribution in [2.24, 2.45) is 0 Å². The van der Waals surface area contributed by atoms with Crippen molar-refractivity contribution in [1.29, 1.82) is 5.26 Å². The van der Waals surface area contributed by atoms with E-state index in [1.54, 1.807) is 60.7 Å². The zero-order valence-corrected chi connectivity index (χ0v) is 17.9. The molecule has 0 unspecified atom stereocenters. The molecule has 1 amide bonds. The standard InChI is InChI=1S/C25H16ClN3O4/c26-17-11-9-16(10-12-17)23(30)18-5-1-2-6-19(18)25(32)33-15-22-28-21-8-4-3-7-20(21)24(31)29(22)14-13-27/h1-12,15,28H,14H2/b22-15-. The molecular formula is C25H16ClN3O4. The highest BCUT2D eigenvalue weighted by atomic mass is 35.5. The molecule has 7 nitrogen and oxygen atoms in total. The lowest BCUT2D eigenvalue weighted by Crippen LogP contribution is -2.38. The predicted octanol–water partition coefficient (Wildman–Crippen LogP) is 4.62. The maximum Gasteiger partial charge on any atom is 0.343 e. The van der Waals surface area contributed by atoms with Gasteiger partial charge in [0.25, 0.3) is 5.91 Å². The maximum absolute atomic E-state index is 12.9. The van der Waals surface area contributed by atoms with E-state index in [4.69, 9.17) is 21.6 Å². The zero-order chi connectivity index (χ0) is 23.4. The second-order valence-electron chi connectivity index (χ2n) is 7.01.